The molecule has 6 nitrogen and oxygen atoms in total. The van der Waals surface area contributed by atoms with Crippen molar-refractivity contribution in [2.75, 3.05) is 26.7 Å². The van der Waals surface area contributed by atoms with Crippen LogP contribution in [0, 0.1) is 5.92 Å². The largest absolute Gasteiger partial charge is 0.479 e. The van der Waals surface area contributed by atoms with Crippen LogP contribution in [0.5, 0.6) is 5.88 Å². The minimum atomic E-state index is -0.105. The van der Waals surface area contributed by atoms with Gasteiger partial charge in [-0.3, -0.25) is 9.48 Å². The second-order valence-electron chi connectivity index (χ2n) is 6.01. The third-order valence-corrected chi connectivity index (χ3v) is 4.16. The van der Waals surface area contributed by atoms with E-state index in [2.05, 4.69) is 29.2 Å². The van der Waals surface area contributed by atoms with Crippen LogP contribution in [0.1, 0.15) is 37.0 Å². The van der Waals surface area contributed by atoms with Crippen molar-refractivity contribution in [2.24, 2.45) is 13.0 Å². The average molecular weight is 294 g/mol. The van der Waals surface area contributed by atoms with E-state index < -0.39 is 0 Å². The molecular formula is C15H26N4O2. The summed E-state index contributed by atoms with van der Waals surface area (Å²) in [6, 6.07) is 0.611. The molecule has 118 valence electrons. The number of aryl methyl sites for hydroxylation is 1. The van der Waals surface area contributed by atoms with Crippen molar-refractivity contribution in [1.82, 2.24) is 20.0 Å². The lowest BCUT2D eigenvalue weighted by molar-refractivity contribution is 0.0926. The number of methoxy groups -OCH3 is 1. The minimum absolute atomic E-state index is 0.105. The molecule has 1 fully saturated rings. The van der Waals surface area contributed by atoms with Gasteiger partial charge < -0.3 is 15.0 Å². The lowest BCUT2D eigenvalue weighted by atomic mass is 9.96. The zero-order valence-corrected chi connectivity index (χ0v) is 13.4. The fraction of sp³-hybridized carbons (Fsp3) is 0.733. The molecule has 0 aromatic carbocycles. The summed E-state index contributed by atoms with van der Waals surface area (Å²) in [5.41, 5.74) is 0.500. The zero-order valence-electron chi connectivity index (χ0n) is 13.4. The Hall–Kier alpha value is -1.56. The van der Waals surface area contributed by atoms with Crippen molar-refractivity contribution in [2.45, 2.75) is 32.7 Å². The van der Waals surface area contributed by atoms with Crippen LogP contribution in [0.3, 0.4) is 0 Å². The van der Waals surface area contributed by atoms with Gasteiger partial charge in [-0.1, -0.05) is 0 Å². The van der Waals surface area contributed by atoms with Gasteiger partial charge in [0.2, 0.25) is 5.88 Å². The second kappa shape index (κ2) is 6.93. The first kappa shape index (κ1) is 15.8. The number of amides is 1. The first-order valence-electron chi connectivity index (χ1n) is 7.61. The molecule has 0 radical (unpaired) electrons. The van der Waals surface area contributed by atoms with Gasteiger partial charge >= 0.3 is 0 Å². The molecule has 1 aliphatic heterocycles. The lowest BCUT2D eigenvalue weighted by Crippen LogP contribution is -2.41. The molecule has 0 unspecified atom stereocenters. The highest BCUT2D eigenvalue weighted by Crippen LogP contribution is 2.19. The molecule has 21 heavy (non-hydrogen) atoms. The van der Waals surface area contributed by atoms with Gasteiger partial charge in [-0.15, -0.1) is 5.10 Å². The van der Waals surface area contributed by atoms with E-state index in [9.17, 15) is 4.79 Å². The number of carbonyl (C=O) groups is 1. The van der Waals surface area contributed by atoms with Gasteiger partial charge in [-0.2, -0.15) is 0 Å². The van der Waals surface area contributed by atoms with E-state index in [1.807, 2.05) is 0 Å². The molecule has 0 saturated carbocycles. The van der Waals surface area contributed by atoms with Gasteiger partial charge in [0, 0.05) is 25.8 Å². The van der Waals surface area contributed by atoms with Crippen molar-refractivity contribution in [1.29, 1.82) is 0 Å². The van der Waals surface area contributed by atoms with E-state index in [4.69, 9.17) is 4.74 Å². The van der Waals surface area contributed by atoms with E-state index in [1.165, 1.54) is 7.11 Å². The highest BCUT2D eigenvalue weighted by atomic mass is 16.5. The predicted octanol–water partition coefficient (Wildman–Crippen LogP) is 1.28. The van der Waals surface area contributed by atoms with Gasteiger partial charge in [0.1, 0.15) is 5.56 Å². The second-order valence-corrected chi connectivity index (χ2v) is 6.01. The van der Waals surface area contributed by atoms with Crippen LogP contribution in [0.15, 0.2) is 6.20 Å². The maximum Gasteiger partial charge on any atom is 0.258 e. The summed E-state index contributed by atoms with van der Waals surface area (Å²) in [5.74, 6) is 0.836. The van der Waals surface area contributed by atoms with Crippen molar-refractivity contribution in [3.8, 4) is 5.88 Å². The number of aromatic nitrogens is 2. The Morgan fingerprint density at radius 1 is 1.48 bits per heavy atom. The van der Waals surface area contributed by atoms with Gasteiger partial charge in [-0.25, -0.2) is 0 Å². The third-order valence-electron chi connectivity index (χ3n) is 4.16. The normalized spacial score (nSPS) is 17.2. The summed E-state index contributed by atoms with van der Waals surface area (Å²) in [6.07, 6.45) is 3.97. The fourth-order valence-electron chi connectivity index (χ4n) is 2.78. The highest BCUT2D eigenvalue weighted by Gasteiger charge is 2.22. The summed E-state index contributed by atoms with van der Waals surface area (Å²) >= 11 is 0. The predicted molar refractivity (Wildman–Crippen MR) is 81.5 cm³/mol. The Kier molecular flexibility index (Phi) is 5.22. The van der Waals surface area contributed by atoms with E-state index in [-0.39, 0.29) is 5.91 Å². The number of ether oxygens (including phenoxy) is 1. The van der Waals surface area contributed by atoms with Crippen LogP contribution in [-0.2, 0) is 7.05 Å². The van der Waals surface area contributed by atoms with Crippen LogP contribution in [-0.4, -0.2) is 53.4 Å². The fourth-order valence-corrected chi connectivity index (χ4v) is 2.78. The molecule has 0 bridgehead atoms. The quantitative estimate of drug-likeness (QED) is 0.889. The molecule has 2 heterocycles. The number of nitrogens with zero attached hydrogens (tertiary/aromatic N) is 3. The molecule has 6 heteroatoms. The minimum Gasteiger partial charge on any atom is -0.479 e. The SMILES string of the molecule is COc1nn(C)cc1C(=O)NCC1CCN(C(C)C)CC1. The maximum absolute atomic E-state index is 12.2. The lowest BCUT2D eigenvalue weighted by Gasteiger charge is -2.34. The smallest absolute Gasteiger partial charge is 0.258 e. The first-order chi connectivity index (χ1) is 10.0. The van der Waals surface area contributed by atoms with Gasteiger partial charge in [0.25, 0.3) is 5.91 Å². The summed E-state index contributed by atoms with van der Waals surface area (Å²) in [7, 11) is 3.31. The molecule has 2 rings (SSSR count). The highest BCUT2D eigenvalue weighted by molar-refractivity contribution is 5.96. The molecular weight excluding hydrogens is 268 g/mol. The molecule has 0 spiro atoms. The Bertz CT molecular complexity index is 476. The van der Waals surface area contributed by atoms with Gasteiger partial charge in [0.15, 0.2) is 0 Å². The van der Waals surface area contributed by atoms with E-state index in [1.54, 1.807) is 17.9 Å². The molecule has 0 aliphatic carbocycles. The average Bonchev–Trinajstić information content (AvgIpc) is 2.86. The summed E-state index contributed by atoms with van der Waals surface area (Å²) in [4.78, 5) is 14.7. The number of hydrogen-bond donors (Lipinski definition) is 1. The van der Waals surface area contributed by atoms with Crippen molar-refractivity contribution < 1.29 is 9.53 Å². The van der Waals surface area contributed by atoms with Crippen molar-refractivity contribution in [3.63, 3.8) is 0 Å². The number of hydrogen-bond acceptors (Lipinski definition) is 4. The van der Waals surface area contributed by atoms with E-state index in [0.29, 0.717) is 23.4 Å². The molecule has 1 N–H and O–H groups in total. The molecule has 1 aromatic rings. The first-order valence-corrected chi connectivity index (χ1v) is 7.61. The number of rotatable bonds is 5. The molecule has 1 saturated heterocycles. The maximum atomic E-state index is 12.2. The Labute approximate surface area is 126 Å². The molecule has 1 aliphatic rings. The Morgan fingerprint density at radius 3 is 2.71 bits per heavy atom. The standard InChI is InChI=1S/C15H26N4O2/c1-11(2)19-7-5-12(6-8-19)9-16-14(20)13-10-18(3)17-15(13)21-4/h10-12H,5-9H2,1-4H3,(H,16,20). The topological polar surface area (TPSA) is 59.4 Å². The zero-order chi connectivity index (χ0) is 15.4. The summed E-state index contributed by atoms with van der Waals surface area (Å²) in [6.45, 7) is 7.43. The number of piperidine rings is 1. The molecule has 1 aromatic heterocycles. The monoisotopic (exact) mass is 294 g/mol. The van der Waals surface area contributed by atoms with Gasteiger partial charge in [0.05, 0.1) is 7.11 Å². The van der Waals surface area contributed by atoms with E-state index >= 15 is 0 Å². The van der Waals surface area contributed by atoms with E-state index in [0.717, 1.165) is 32.5 Å². The number of carbonyl (C=O) groups excluding carboxylic acids is 1. The van der Waals surface area contributed by atoms with Crippen LogP contribution < -0.4 is 10.1 Å². The molecule has 1 amide bonds. The van der Waals surface area contributed by atoms with Crippen molar-refractivity contribution >= 4 is 5.91 Å². The van der Waals surface area contributed by atoms with Crippen molar-refractivity contribution in [3.05, 3.63) is 11.8 Å². The number of nitrogens with one attached hydrogen (secondary N) is 1. The van der Waals surface area contributed by atoms with Crippen LogP contribution in [0.2, 0.25) is 0 Å². The Balaban J connectivity index is 1.82. The third kappa shape index (κ3) is 3.97. The summed E-state index contributed by atoms with van der Waals surface area (Å²) < 4.78 is 6.71. The summed E-state index contributed by atoms with van der Waals surface area (Å²) in [5, 5.41) is 7.11. The molecule has 0 atom stereocenters. The Morgan fingerprint density at radius 2 is 2.14 bits per heavy atom. The van der Waals surface area contributed by atoms with Crippen LogP contribution >= 0.6 is 0 Å². The van der Waals surface area contributed by atoms with Crippen LogP contribution in [0.4, 0.5) is 0 Å². The van der Waals surface area contributed by atoms with Gasteiger partial charge in [-0.05, 0) is 45.7 Å². The number of likely N-dealkylation sites (tertiary alicyclic amines) is 1. The van der Waals surface area contributed by atoms with Crippen LogP contribution in [0.25, 0.3) is 0 Å².